The molecule has 2 aromatic rings. The molecule has 2 nitrogen and oxygen atoms in total. The van der Waals surface area contributed by atoms with Gasteiger partial charge in [0.25, 0.3) is 0 Å². The van der Waals surface area contributed by atoms with Crippen LogP contribution in [0.3, 0.4) is 0 Å². The van der Waals surface area contributed by atoms with Gasteiger partial charge in [-0.1, -0.05) is 35.9 Å². The van der Waals surface area contributed by atoms with Crippen LogP contribution in [-0.4, -0.2) is 6.10 Å². The molecule has 0 fully saturated rings. The number of rotatable bonds is 4. The van der Waals surface area contributed by atoms with Crippen molar-refractivity contribution in [1.29, 1.82) is 0 Å². The van der Waals surface area contributed by atoms with Gasteiger partial charge in [0.2, 0.25) is 0 Å². The summed E-state index contributed by atoms with van der Waals surface area (Å²) >= 11 is 0. The molecule has 0 aliphatic heterocycles. The SMILES string of the molecule is Cc1cc(C)c(C(N)c2ccccc2OC(C)C)c(C)c1. The summed E-state index contributed by atoms with van der Waals surface area (Å²) in [6, 6.07) is 12.3. The van der Waals surface area contributed by atoms with Crippen molar-refractivity contribution in [2.45, 2.75) is 46.8 Å². The summed E-state index contributed by atoms with van der Waals surface area (Å²) in [7, 11) is 0. The molecular weight excluding hydrogens is 258 g/mol. The average Bonchev–Trinajstić information content (AvgIpc) is 2.37. The molecule has 0 radical (unpaired) electrons. The number of nitrogens with two attached hydrogens (primary N) is 1. The smallest absolute Gasteiger partial charge is 0.124 e. The number of benzene rings is 2. The van der Waals surface area contributed by atoms with E-state index < -0.39 is 0 Å². The van der Waals surface area contributed by atoms with Crippen LogP contribution in [0.1, 0.15) is 47.7 Å². The standard InChI is InChI=1S/C19H25NO/c1-12(2)21-17-9-7-6-8-16(17)19(20)18-14(4)10-13(3)11-15(18)5/h6-12,19H,20H2,1-5H3. The first kappa shape index (κ1) is 15.6. The maximum atomic E-state index is 6.56. The van der Waals surface area contributed by atoms with Gasteiger partial charge in [-0.05, 0) is 57.4 Å². The molecule has 0 heterocycles. The molecule has 1 atom stereocenters. The number of para-hydroxylation sites is 1. The van der Waals surface area contributed by atoms with Gasteiger partial charge in [0.15, 0.2) is 0 Å². The van der Waals surface area contributed by atoms with Gasteiger partial charge in [0.1, 0.15) is 5.75 Å². The summed E-state index contributed by atoms with van der Waals surface area (Å²) < 4.78 is 5.91. The highest BCUT2D eigenvalue weighted by atomic mass is 16.5. The number of hydrogen-bond donors (Lipinski definition) is 1. The highest BCUT2D eigenvalue weighted by molar-refractivity contribution is 5.47. The quantitative estimate of drug-likeness (QED) is 0.900. The molecule has 2 aromatic carbocycles. The molecular formula is C19H25NO. The topological polar surface area (TPSA) is 35.2 Å². The van der Waals surface area contributed by atoms with Crippen molar-refractivity contribution >= 4 is 0 Å². The first-order valence-corrected chi connectivity index (χ1v) is 7.49. The van der Waals surface area contributed by atoms with Crippen LogP contribution < -0.4 is 10.5 Å². The Hall–Kier alpha value is -1.80. The van der Waals surface area contributed by atoms with E-state index in [0.29, 0.717) is 0 Å². The molecule has 0 saturated heterocycles. The molecule has 0 aliphatic carbocycles. The second kappa shape index (κ2) is 6.31. The van der Waals surface area contributed by atoms with Gasteiger partial charge in [-0.3, -0.25) is 0 Å². The van der Waals surface area contributed by atoms with Crippen LogP contribution in [0.4, 0.5) is 0 Å². The van der Waals surface area contributed by atoms with Crippen molar-refractivity contribution in [3.05, 3.63) is 64.2 Å². The third kappa shape index (κ3) is 3.45. The molecule has 0 spiro atoms. The van der Waals surface area contributed by atoms with Gasteiger partial charge in [-0.25, -0.2) is 0 Å². The lowest BCUT2D eigenvalue weighted by Crippen LogP contribution is -2.17. The van der Waals surface area contributed by atoms with Gasteiger partial charge in [-0.15, -0.1) is 0 Å². The van der Waals surface area contributed by atoms with E-state index in [-0.39, 0.29) is 12.1 Å². The Balaban J connectivity index is 2.48. The average molecular weight is 283 g/mol. The predicted octanol–water partition coefficient (Wildman–Crippen LogP) is 4.45. The van der Waals surface area contributed by atoms with Crippen LogP contribution in [0.25, 0.3) is 0 Å². The van der Waals surface area contributed by atoms with E-state index >= 15 is 0 Å². The highest BCUT2D eigenvalue weighted by Crippen LogP contribution is 2.32. The van der Waals surface area contributed by atoms with Crippen molar-refractivity contribution in [2.75, 3.05) is 0 Å². The minimum Gasteiger partial charge on any atom is -0.491 e. The summed E-state index contributed by atoms with van der Waals surface area (Å²) in [5.41, 5.74) is 12.5. The Morgan fingerprint density at radius 3 is 2.10 bits per heavy atom. The van der Waals surface area contributed by atoms with Crippen LogP contribution in [0.15, 0.2) is 36.4 Å². The van der Waals surface area contributed by atoms with Crippen LogP contribution in [0.5, 0.6) is 5.75 Å². The molecule has 0 saturated carbocycles. The second-order valence-corrected chi connectivity index (χ2v) is 5.99. The molecule has 0 aliphatic rings. The maximum absolute atomic E-state index is 6.56. The summed E-state index contributed by atoms with van der Waals surface area (Å²) in [6.45, 7) is 10.4. The molecule has 2 N–H and O–H groups in total. The Bertz CT molecular complexity index is 608. The Morgan fingerprint density at radius 2 is 1.52 bits per heavy atom. The van der Waals surface area contributed by atoms with E-state index in [1.807, 2.05) is 32.0 Å². The van der Waals surface area contributed by atoms with Crippen molar-refractivity contribution in [3.8, 4) is 5.75 Å². The van der Waals surface area contributed by atoms with E-state index in [0.717, 1.165) is 11.3 Å². The van der Waals surface area contributed by atoms with Crippen LogP contribution in [0, 0.1) is 20.8 Å². The number of hydrogen-bond acceptors (Lipinski definition) is 2. The fourth-order valence-electron chi connectivity index (χ4n) is 2.94. The Morgan fingerprint density at radius 1 is 0.952 bits per heavy atom. The van der Waals surface area contributed by atoms with Gasteiger partial charge < -0.3 is 10.5 Å². The Kier molecular flexibility index (Phi) is 4.69. The van der Waals surface area contributed by atoms with E-state index in [4.69, 9.17) is 10.5 Å². The van der Waals surface area contributed by atoms with E-state index in [1.165, 1.54) is 22.3 Å². The normalized spacial score (nSPS) is 12.5. The van der Waals surface area contributed by atoms with E-state index in [1.54, 1.807) is 0 Å². The highest BCUT2D eigenvalue weighted by Gasteiger charge is 2.18. The zero-order chi connectivity index (χ0) is 15.6. The third-order valence-electron chi connectivity index (χ3n) is 3.67. The van der Waals surface area contributed by atoms with Crippen LogP contribution in [0.2, 0.25) is 0 Å². The van der Waals surface area contributed by atoms with Crippen LogP contribution >= 0.6 is 0 Å². The zero-order valence-electron chi connectivity index (χ0n) is 13.6. The fourth-order valence-corrected chi connectivity index (χ4v) is 2.94. The van der Waals surface area contributed by atoms with Gasteiger partial charge in [-0.2, -0.15) is 0 Å². The van der Waals surface area contributed by atoms with E-state index in [2.05, 4.69) is 39.0 Å². The van der Waals surface area contributed by atoms with Gasteiger partial charge in [0.05, 0.1) is 12.1 Å². The summed E-state index contributed by atoms with van der Waals surface area (Å²) in [4.78, 5) is 0. The fraction of sp³-hybridized carbons (Fsp3) is 0.368. The van der Waals surface area contributed by atoms with Crippen LogP contribution in [-0.2, 0) is 0 Å². The Labute approximate surface area is 127 Å². The minimum atomic E-state index is -0.166. The molecule has 0 aromatic heterocycles. The molecule has 0 amide bonds. The zero-order valence-corrected chi connectivity index (χ0v) is 13.6. The first-order chi connectivity index (χ1) is 9.90. The molecule has 21 heavy (non-hydrogen) atoms. The van der Waals surface area contributed by atoms with Crippen molar-refractivity contribution in [1.82, 2.24) is 0 Å². The molecule has 112 valence electrons. The summed E-state index contributed by atoms with van der Waals surface area (Å²) in [5.74, 6) is 0.874. The second-order valence-electron chi connectivity index (χ2n) is 5.99. The van der Waals surface area contributed by atoms with Crippen molar-refractivity contribution in [3.63, 3.8) is 0 Å². The van der Waals surface area contributed by atoms with Gasteiger partial charge in [0, 0.05) is 5.56 Å². The predicted molar refractivity (Wildman–Crippen MR) is 88.9 cm³/mol. The molecule has 1 unspecified atom stereocenters. The molecule has 2 heteroatoms. The summed E-state index contributed by atoms with van der Waals surface area (Å²) in [6.07, 6.45) is 0.138. The van der Waals surface area contributed by atoms with E-state index in [9.17, 15) is 0 Å². The van der Waals surface area contributed by atoms with Crippen molar-refractivity contribution < 1.29 is 4.74 Å². The summed E-state index contributed by atoms with van der Waals surface area (Å²) in [5, 5.41) is 0. The minimum absolute atomic E-state index is 0.138. The lowest BCUT2D eigenvalue weighted by Gasteiger charge is -2.22. The first-order valence-electron chi connectivity index (χ1n) is 7.49. The number of aryl methyl sites for hydroxylation is 3. The van der Waals surface area contributed by atoms with Crippen molar-refractivity contribution in [2.24, 2.45) is 5.73 Å². The number of ether oxygens (including phenoxy) is 1. The molecule has 2 rings (SSSR count). The molecule has 0 bridgehead atoms. The monoisotopic (exact) mass is 283 g/mol. The maximum Gasteiger partial charge on any atom is 0.124 e. The van der Waals surface area contributed by atoms with Gasteiger partial charge >= 0.3 is 0 Å². The largest absolute Gasteiger partial charge is 0.491 e. The third-order valence-corrected chi connectivity index (χ3v) is 3.67. The lowest BCUT2D eigenvalue weighted by molar-refractivity contribution is 0.239. The lowest BCUT2D eigenvalue weighted by atomic mass is 9.90.